The number of alkyl carbamates (subject to hydrolysis) is 1. The molecule has 0 fully saturated rings. The lowest BCUT2D eigenvalue weighted by molar-refractivity contribution is -0.139. The van der Waals surface area contributed by atoms with Gasteiger partial charge in [-0.15, -0.1) is 0 Å². The van der Waals surface area contributed by atoms with Gasteiger partial charge in [0.2, 0.25) is 0 Å². The van der Waals surface area contributed by atoms with Crippen LogP contribution < -0.4 is 15.4 Å². The van der Waals surface area contributed by atoms with Gasteiger partial charge in [-0.1, -0.05) is 48.5 Å². The second-order valence-corrected chi connectivity index (χ2v) is 13.4. The van der Waals surface area contributed by atoms with Crippen LogP contribution in [0.5, 0.6) is 23.0 Å². The molecule has 5 aromatic rings. The molecule has 0 aromatic heterocycles. The number of ether oxygens (including phenoxy) is 3. The summed E-state index contributed by atoms with van der Waals surface area (Å²) in [5, 5.41) is 35.5. The second-order valence-electron chi connectivity index (χ2n) is 13.4. The number of amides is 2. The summed E-state index contributed by atoms with van der Waals surface area (Å²) in [6, 6.07) is 28.1. The van der Waals surface area contributed by atoms with Gasteiger partial charge in [-0.05, 0) is 84.0 Å². The van der Waals surface area contributed by atoms with Gasteiger partial charge in [0.15, 0.2) is 5.60 Å². The maximum Gasteiger partial charge on any atom is 0.407 e. The molecular weight excluding hydrogens is 692 g/mol. The van der Waals surface area contributed by atoms with E-state index in [1.165, 1.54) is 36.4 Å². The number of carbonyl (C=O) groups excluding carboxylic acids is 3. The van der Waals surface area contributed by atoms with Crippen LogP contribution >= 0.6 is 0 Å². The number of esters is 1. The Bertz CT molecular complexity index is 2260. The first kappa shape index (κ1) is 34.3. The van der Waals surface area contributed by atoms with Crippen LogP contribution in [0, 0.1) is 0 Å². The number of carboxylic acid groups (broad SMARTS) is 1. The number of hydrogen-bond acceptors (Lipinski definition) is 9. The van der Waals surface area contributed by atoms with Gasteiger partial charge in [0.05, 0.1) is 5.56 Å². The Balaban J connectivity index is 0.892. The van der Waals surface area contributed by atoms with E-state index in [9.17, 15) is 34.5 Å². The van der Waals surface area contributed by atoms with E-state index in [2.05, 4.69) is 10.6 Å². The first-order chi connectivity index (χ1) is 26.1. The van der Waals surface area contributed by atoms with Crippen LogP contribution in [0.2, 0.25) is 0 Å². The molecule has 3 aliphatic rings. The molecule has 1 atom stereocenters. The molecular formula is C42H34N2O10. The van der Waals surface area contributed by atoms with Gasteiger partial charge in [-0.25, -0.2) is 14.4 Å². The predicted octanol–water partition coefficient (Wildman–Crippen LogP) is 6.56. The van der Waals surface area contributed by atoms with Crippen LogP contribution in [0.25, 0.3) is 11.1 Å². The number of fused-ring (bicyclic) bond motifs is 9. The molecule has 1 spiro atoms. The molecule has 0 bridgehead atoms. The third-order valence-corrected chi connectivity index (χ3v) is 10.2. The van der Waals surface area contributed by atoms with Crippen LogP contribution in [0.3, 0.4) is 0 Å². The lowest BCUT2D eigenvalue weighted by atomic mass is 9.77. The third kappa shape index (κ3) is 5.91. The number of hydrogen-bond donors (Lipinski definition) is 5. The highest BCUT2D eigenvalue weighted by Crippen LogP contribution is 2.57. The van der Waals surface area contributed by atoms with Crippen LogP contribution in [-0.4, -0.2) is 58.5 Å². The van der Waals surface area contributed by atoms with E-state index in [1.54, 1.807) is 18.2 Å². The van der Waals surface area contributed by atoms with Gasteiger partial charge in [-0.3, -0.25) is 4.79 Å². The second kappa shape index (κ2) is 13.6. The van der Waals surface area contributed by atoms with Crippen LogP contribution in [-0.2, 0) is 19.9 Å². The first-order valence-electron chi connectivity index (χ1n) is 17.5. The summed E-state index contributed by atoms with van der Waals surface area (Å²) in [6.07, 6.45) is 0.0907. The molecule has 1 unspecified atom stereocenters. The standard InChI is InChI=1S/C42H34N2O10/c45-24-13-16-32-36(20-24)53-37-21-25(46)14-17-33(37)42(32)34-19-23(12-15-30(34)40(50)54-42)38(47)43-18-6-5-11-35(39(48)49)44-41(51)52-22-31-28-9-3-1-7-26(28)27-8-2-4-10-29(27)31/h1-4,7-10,12-17,19-21,31,35,45-46H,5-6,11,18,22H2,(H,43,47)(H,44,51)(H,48,49). The molecule has 0 saturated carbocycles. The molecule has 12 nitrogen and oxygen atoms in total. The van der Waals surface area contributed by atoms with E-state index >= 15 is 0 Å². The van der Waals surface area contributed by atoms with E-state index < -0.39 is 35.6 Å². The van der Waals surface area contributed by atoms with Gasteiger partial charge in [0.25, 0.3) is 5.91 Å². The molecule has 5 N–H and O–H groups in total. The molecule has 5 aromatic carbocycles. The molecule has 2 heterocycles. The van der Waals surface area contributed by atoms with Gasteiger partial charge < -0.3 is 40.2 Å². The summed E-state index contributed by atoms with van der Waals surface area (Å²) >= 11 is 0. The highest BCUT2D eigenvalue weighted by Gasteiger charge is 2.54. The fourth-order valence-electron chi connectivity index (χ4n) is 7.66. The smallest absolute Gasteiger partial charge is 0.407 e. The molecule has 2 aliphatic heterocycles. The first-order valence-corrected chi connectivity index (χ1v) is 17.5. The van der Waals surface area contributed by atoms with E-state index in [0.29, 0.717) is 29.5 Å². The van der Waals surface area contributed by atoms with Gasteiger partial charge in [0.1, 0.15) is 35.6 Å². The molecule has 54 heavy (non-hydrogen) atoms. The summed E-state index contributed by atoms with van der Waals surface area (Å²) in [5.41, 5.74) is 4.50. The van der Waals surface area contributed by atoms with Gasteiger partial charge in [0, 0.05) is 46.8 Å². The van der Waals surface area contributed by atoms with Crippen molar-refractivity contribution in [3.63, 3.8) is 0 Å². The Morgan fingerprint density at radius 2 is 1.39 bits per heavy atom. The van der Waals surface area contributed by atoms with Crippen molar-refractivity contribution in [1.29, 1.82) is 0 Å². The Kier molecular flexibility index (Phi) is 8.65. The largest absolute Gasteiger partial charge is 0.508 e. The van der Waals surface area contributed by atoms with E-state index in [-0.39, 0.29) is 59.6 Å². The Morgan fingerprint density at radius 1 is 0.759 bits per heavy atom. The molecule has 0 radical (unpaired) electrons. The topological polar surface area (TPSA) is 181 Å². The van der Waals surface area contributed by atoms with Crippen LogP contribution in [0.15, 0.2) is 103 Å². The Morgan fingerprint density at radius 3 is 2.02 bits per heavy atom. The molecule has 8 rings (SSSR count). The van der Waals surface area contributed by atoms with Crippen LogP contribution in [0.1, 0.15) is 73.7 Å². The lowest BCUT2D eigenvalue weighted by Crippen LogP contribution is -2.41. The van der Waals surface area contributed by atoms with Crippen molar-refractivity contribution in [2.75, 3.05) is 13.2 Å². The predicted molar refractivity (Wildman–Crippen MR) is 194 cm³/mol. The van der Waals surface area contributed by atoms with Crippen molar-refractivity contribution in [2.24, 2.45) is 0 Å². The molecule has 2 amide bonds. The number of aliphatic carboxylic acids is 1. The molecule has 12 heteroatoms. The summed E-state index contributed by atoms with van der Waals surface area (Å²) in [7, 11) is 0. The maximum atomic E-state index is 13.4. The quantitative estimate of drug-likeness (QED) is 0.0782. The van der Waals surface area contributed by atoms with E-state index in [4.69, 9.17) is 14.2 Å². The minimum Gasteiger partial charge on any atom is -0.508 e. The third-order valence-electron chi connectivity index (χ3n) is 10.2. The zero-order valence-corrected chi connectivity index (χ0v) is 28.7. The number of carboxylic acids is 1. The average Bonchev–Trinajstić information content (AvgIpc) is 3.64. The molecule has 0 saturated heterocycles. The number of unbranched alkanes of at least 4 members (excludes halogenated alkanes) is 1. The fraction of sp³-hybridized carbons (Fsp3) is 0.190. The highest BCUT2D eigenvalue weighted by atomic mass is 16.6. The number of phenolic OH excluding ortho intramolecular Hbond substituents is 2. The number of carbonyl (C=O) groups is 4. The Labute approximate surface area is 308 Å². The minimum absolute atomic E-state index is 0.0578. The van der Waals surface area contributed by atoms with Crippen molar-refractivity contribution in [3.8, 4) is 34.1 Å². The van der Waals surface area contributed by atoms with E-state index in [1.807, 2.05) is 48.5 Å². The van der Waals surface area contributed by atoms with Crippen molar-refractivity contribution >= 4 is 23.9 Å². The SMILES string of the molecule is O=C(NC(CCCCNC(=O)c1ccc2c(c1)C1(OC2=O)c2ccc(O)cc2Oc2cc(O)ccc21)C(=O)O)OCC1c2ccccc2-c2ccccc21. The minimum atomic E-state index is -1.51. The van der Waals surface area contributed by atoms with Crippen molar-refractivity contribution in [2.45, 2.75) is 36.8 Å². The summed E-state index contributed by atoms with van der Waals surface area (Å²) in [5.74, 6) is -2.11. The lowest BCUT2D eigenvalue weighted by Gasteiger charge is -2.36. The zero-order valence-electron chi connectivity index (χ0n) is 28.7. The maximum absolute atomic E-state index is 13.4. The average molecular weight is 727 g/mol. The number of aromatic hydroxyl groups is 2. The summed E-state index contributed by atoms with van der Waals surface area (Å²) in [6.45, 7) is 0.272. The number of rotatable bonds is 10. The zero-order chi connectivity index (χ0) is 37.6. The number of phenols is 2. The molecule has 272 valence electrons. The van der Waals surface area contributed by atoms with E-state index in [0.717, 1.165) is 22.3 Å². The van der Waals surface area contributed by atoms with Crippen molar-refractivity contribution in [1.82, 2.24) is 10.6 Å². The summed E-state index contributed by atoms with van der Waals surface area (Å²) in [4.78, 5) is 51.3. The number of benzene rings is 5. The van der Waals surface area contributed by atoms with Gasteiger partial charge in [-0.2, -0.15) is 0 Å². The highest BCUT2D eigenvalue weighted by molar-refractivity contribution is 6.00. The summed E-state index contributed by atoms with van der Waals surface area (Å²) < 4.78 is 17.6. The normalized spacial score (nSPS) is 14.7. The number of nitrogens with one attached hydrogen (secondary N) is 2. The van der Waals surface area contributed by atoms with Gasteiger partial charge >= 0.3 is 18.0 Å². The molecule has 1 aliphatic carbocycles. The van der Waals surface area contributed by atoms with Crippen LogP contribution in [0.4, 0.5) is 4.79 Å². The van der Waals surface area contributed by atoms with Crippen molar-refractivity contribution < 1.29 is 48.7 Å². The monoisotopic (exact) mass is 726 g/mol. The fourth-order valence-corrected chi connectivity index (χ4v) is 7.66. The Hall–Kier alpha value is -6.82. The van der Waals surface area contributed by atoms with Crippen molar-refractivity contribution in [3.05, 3.63) is 142 Å².